The number of rotatable bonds is 4. The fourth-order valence-corrected chi connectivity index (χ4v) is 1.72. The first-order valence-electron chi connectivity index (χ1n) is 5.83. The number of para-hydroxylation sites is 1. The molecular formula is C15H15NO3. The minimum Gasteiger partial charge on any atom is -0.618 e. The fourth-order valence-electron chi connectivity index (χ4n) is 1.72. The largest absolute Gasteiger partial charge is 0.618 e. The van der Waals surface area contributed by atoms with Crippen LogP contribution < -0.4 is 9.47 Å². The zero-order chi connectivity index (χ0) is 13.7. The van der Waals surface area contributed by atoms with E-state index in [4.69, 9.17) is 9.47 Å². The van der Waals surface area contributed by atoms with Crippen LogP contribution in [0.4, 0.5) is 5.69 Å². The average Bonchev–Trinajstić information content (AvgIpc) is 2.48. The van der Waals surface area contributed by atoms with Crippen molar-refractivity contribution < 1.29 is 14.2 Å². The molecule has 2 aromatic rings. The molecule has 0 heterocycles. The second kappa shape index (κ2) is 5.91. The highest BCUT2D eigenvalue weighted by molar-refractivity contribution is 5.81. The molecule has 0 aliphatic carbocycles. The molecule has 2 aromatic carbocycles. The molecule has 0 aromatic heterocycles. The Hall–Kier alpha value is -2.49. The Kier molecular flexibility index (Phi) is 4.03. The van der Waals surface area contributed by atoms with Crippen molar-refractivity contribution in [2.24, 2.45) is 0 Å². The summed E-state index contributed by atoms with van der Waals surface area (Å²) in [5.41, 5.74) is 1.23. The second-order valence-electron chi connectivity index (χ2n) is 3.90. The van der Waals surface area contributed by atoms with Gasteiger partial charge in [-0.2, -0.15) is 4.74 Å². The van der Waals surface area contributed by atoms with E-state index in [-0.39, 0.29) is 0 Å². The van der Waals surface area contributed by atoms with Gasteiger partial charge in [0, 0.05) is 12.1 Å². The first kappa shape index (κ1) is 13.0. The maximum atomic E-state index is 12.0. The third-order valence-corrected chi connectivity index (χ3v) is 2.70. The van der Waals surface area contributed by atoms with E-state index in [1.165, 1.54) is 6.21 Å². The Morgan fingerprint density at radius 1 is 1.00 bits per heavy atom. The molecule has 0 radical (unpaired) electrons. The summed E-state index contributed by atoms with van der Waals surface area (Å²) in [6.07, 6.45) is 1.47. The first-order chi connectivity index (χ1) is 9.24. The van der Waals surface area contributed by atoms with Gasteiger partial charge in [-0.25, -0.2) is 0 Å². The van der Waals surface area contributed by atoms with Crippen LogP contribution in [0.2, 0.25) is 0 Å². The smallest absolute Gasteiger partial charge is 0.216 e. The molecular weight excluding hydrogens is 242 g/mol. The van der Waals surface area contributed by atoms with Gasteiger partial charge in [0.1, 0.15) is 11.5 Å². The van der Waals surface area contributed by atoms with Crippen LogP contribution in [0.25, 0.3) is 0 Å². The van der Waals surface area contributed by atoms with Gasteiger partial charge in [-0.15, -0.1) is 0 Å². The molecule has 0 spiro atoms. The molecule has 0 aliphatic heterocycles. The number of hydrogen-bond acceptors (Lipinski definition) is 3. The van der Waals surface area contributed by atoms with Crippen LogP contribution in [-0.2, 0) is 0 Å². The molecule has 19 heavy (non-hydrogen) atoms. The maximum Gasteiger partial charge on any atom is 0.216 e. The summed E-state index contributed by atoms with van der Waals surface area (Å²) in [6.45, 7) is 0. The summed E-state index contributed by atoms with van der Waals surface area (Å²) in [7, 11) is 3.15. The van der Waals surface area contributed by atoms with Crippen LogP contribution in [0.15, 0.2) is 48.5 Å². The van der Waals surface area contributed by atoms with Gasteiger partial charge in [0.15, 0.2) is 6.21 Å². The predicted molar refractivity (Wildman–Crippen MR) is 74.4 cm³/mol. The number of benzene rings is 2. The van der Waals surface area contributed by atoms with Crippen LogP contribution in [0, 0.1) is 5.21 Å². The molecule has 0 amide bonds. The summed E-state index contributed by atoms with van der Waals surface area (Å²) in [4.78, 5) is 0. The van der Waals surface area contributed by atoms with Gasteiger partial charge in [0.25, 0.3) is 0 Å². The van der Waals surface area contributed by atoms with Crippen molar-refractivity contribution >= 4 is 11.9 Å². The van der Waals surface area contributed by atoms with Crippen LogP contribution in [0.3, 0.4) is 0 Å². The maximum absolute atomic E-state index is 12.0. The van der Waals surface area contributed by atoms with Crippen LogP contribution in [0.1, 0.15) is 5.56 Å². The number of hydrogen-bond donors (Lipinski definition) is 0. The lowest BCUT2D eigenvalue weighted by molar-refractivity contribution is -0.354. The summed E-state index contributed by atoms with van der Waals surface area (Å²) >= 11 is 0. The standard InChI is InChI=1S/C15H15NO3/c1-18-14-8-9-15(19-2)12(10-14)11-16(17)13-6-4-3-5-7-13/h3-11H,1-2H3/b16-11-. The molecule has 0 saturated carbocycles. The first-order valence-corrected chi connectivity index (χ1v) is 5.83. The number of nitrogens with zero attached hydrogens (tertiary/aromatic N) is 1. The van der Waals surface area contributed by atoms with Gasteiger partial charge in [0.2, 0.25) is 5.69 Å². The Bertz CT molecular complexity index is 579. The lowest BCUT2D eigenvalue weighted by Gasteiger charge is -2.07. The number of ether oxygens (including phenoxy) is 2. The molecule has 0 unspecified atom stereocenters. The van der Waals surface area contributed by atoms with Crippen molar-refractivity contribution in [1.29, 1.82) is 0 Å². The van der Waals surface area contributed by atoms with E-state index in [0.717, 1.165) is 4.74 Å². The molecule has 0 saturated heterocycles. The third-order valence-electron chi connectivity index (χ3n) is 2.70. The molecule has 0 bridgehead atoms. The van der Waals surface area contributed by atoms with Crippen LogP contribution in [-0.4, -0.2) is 25.2 Å². The molecule has 0 fully saturated rings. The molecule has 4 nitrogen and oxygen atoms in total. The topological polar surface area (TPSA) is 44.5 Å². The molecule has 4 heteroatoms. The highest BCUT2D eigenvalue weighted by Gasteiger charge is 2.07. The second-order valence-corrected chi connectivity index (χ2v) is 3.90. The van der Waals surface area contributed by atoms with Crippen molar-refractivity contribution in [2.75, 3.05) is 14.2 Å². The normalized spacial score (nSPS) is 11.2. The summed E-state index contributed by atoms with van der Waals surface area (Å²) in [6, 6.07) is 14.3. The van der Waals surface area contributed by atoms with Gasteiger partial charge < -0.3 is 14.7 Å². The van der Waals surface area contributed by atoms with E-state index in [1.807, 2.05) is 18.2 Å². The van der Waals surface area contributed by atoms with E-state index >= 15 is 0 Å². The quantitative estimate of drug-likeness (QED) is 0.366. The average molecular weight is 257 g/mol. The highest BCUT2D eigenvalue weighted by Crippen LogP contribution is 2.23. The van der Waals surface area contributed by atoms with Crippen molar-refractivity contribution in [3.63, 3.8) is 0 Å². The SMILES string of the molecule is COc1ccc(OC)c(/C=[N+](\[O-])c2ccccc2)c1. The zero-order valence-electron chi connectivity index (χ0n) is 10.9. The van der Waals surface area contributed by atoms with Gasteiger partial charge in [0.05, 0.1) is 19.8 Å². The van der Waals surface area contributed by atoms with Crippen LogP contribution in [0.5, 0.6) is 11.5 Å². The summed E-state index contributed by atoms with van der Waals surface area (Å²) in [5.74, 6) is 1.30. The Labute approximate surface area is 112 Å². The van der Waals surface area contributed by atoms with E-state index in [9.17, 15) is 5.21 Å². The fraction of sp³-hybridized carbons (Fsp3) is 0.133. The van der Waals surface area contributed by atoms with Gasteiger partial charge in [-0.05, 0) is 18.2 Å². The Morgan fingerprint density at radius 3 is 2.37 bits per heavy atom. The highest BCUT2D eigenvalue weighted by atomic mass is 16.5. The van der Waals surface area contributed by atoms with E-state index in [1.54, 1.807) is 44.6 Å². The molecule has 2 rings (SSSR count). The van der Waals surface area contributed by atoms with Crippen molar-refractivity contribution in [1.82, 2.24) is 0 Å². The molecule has 0 N–H and O–H groups in total. The Balaban J connectivity index is 2.41. The minimum atomic E-state index is 0.562. The molecule has 98 valence electrons. The zero-order valence-corrected chi connectivity index (χ0v) is 10.9. The minimum absolute atomic E-state index is 0.562. The van der Waals surface area contributed by atoms with Crippen molar-refractivity contribution in [2.45, 2.75) is 0 Å². The van der Waals surface area contributed by atoms with Gasteiger partial charge in [-0.1, -0.05) is 18.2 Å². The summed E-state index contributed by atoms with van der Waals surface area (Å²) < 4.78 is 11.2. The van der Waals surface area contributed by atoms with E-state index in [2.05, 4.69) is 0 Å². The van der Waals surface area contributed by atoms with Gasteiger partial charge in [-0.3, -0.25) is 0 Å². The van der Waals surface area contributed by atoms with Crippen molar-refractivity contribution in [3.05, 3.63) is 59.3 Å². The lowest BCUT2D eigenvalue weighted by atomic mass is 10.2. The monoisotopic (exact) mass is 257 g/mol. The number of methoxy groups -OCH3 is 2. The Morgan fingerprint density at radius 2 is 1.74 bits per heavy atom. The van der Waals surface area contributed by atoms with Crippen LogP contribution >= 0.6 is 0 Å². The molecule has 0 atom stereocenters. The van der Waals surface area contributed by atoms with Gasteiger partial charge >= 0.3 is 0 Å². The van der Waals surface area contributed by atoms with E-state index < -0.39 is 0 Å². The predicted octanol–water partition coefficient (Wildman–Crippen LogP) is 2.96. The third kappa shape index (κ3) is 3.04. The van der Waals surface area contributed by atoms with E-state index in [0.29, 0.717) is 22.7 Å². The lowest BCUT2D eigenvalue weighted by Crippen LogP contribution is -2.01. The summed E-state index contributed by atoms with van der Waals surface area (Å²) in [5, 5.41) is 12.0. The molecule has 0 aliphatic rings. The van der Waals surface area contributed by atoms with Crippen molar-refractivity contribution in [3.8, 4) is 11.5 Å².